The van der Waals surface area contributed by atoms with Gasteiger partial charge in [0.15, 0.2) is 0 Å². The number of alkyl carbamates (subject to hydrolysis) is 1. The highest BCUT2D eigenvalue weighted by atomic mass is 16.6. The molecule has 1 amide bonds. The van der Waals surface area contributed by atoms with Gasteiger partial charge in [0.05, 0.1) is 11.6 Å². The van der Waals surface area contributed by atoms with Crippen LogP contribution in [0.5, 0.6) is 5.75 Å². The predicted octanol–water partition coefficient (Wildman–Crippen LogP) is 2.52. The Balaban J connectivity index is 2.12. The first-order valence-corrected chi connectivity index (χ1v) is 6.06. The van der Waals surface area contributed by atoms with E-state index < -0.39 is 11.7 Å². The van der Waals surface area contributed by atoms with Crippen molar-refractivity contribution in [3.05, 3.63) is 29.3 Å². The maximum atomic E-state index is 11.7. The zero-order valence-corrected chi connectivity index (χ0v) is 11.2. The van der Waals surface area contributed by atoms with E-state index >= 15 is 0 Å². The van der Waals surface area contributed by atoms with Gasteiger partial charge in [0.25, 0.3) is 0 Å². The maximum Gasteiger partial charge on any atom is 0.408 e. The van der Waals surface area contributed by atoms with Gasteiger partial charge in [0, 0.05) is 5.56 Å². The van der Waals surface area contributed by atoms with Gasteiger partial charge in [-0.1, -0.05) is 12.1 Å². The van der Waals surface area contributed by atoms with Crippen molar-refractivity contribution in [1.29, 1.82) is 5.26 Å². The predicted molar refractivity (Wildman–Crippen MR) is 68.8 cm³/mol. The number of hydrogen-bond acceptors (Lipinski definition) is 4. The molecule has 5 nitrogen and oxygen atoms in total. The zero-order chi connectivity index (χ0) is 14.0. The van der Waals surface area contributed by atoms with Gasteiger partial charge in [-0.15, -0.1) is 0 Å². The van der Waals surface area contributed by atoms with E-state index in [1.807, 2.05) is 6.07 Å². The molecule has 100 valence electrons. The van der Waals surface area contributed by atoms with Gasteiger partial charge in [-0.3, -0.25) is 0 Å². The molecule has 0 saturated heterocycles. The standard InChI is InChI=1S/C14H16N2O3/c1-14(2,3)19-13(17)16-11-8-18-12-9(7-15)5-4-6-10(11)12/h4-6,11H,8H2,1-3H3,(H,16,17). The minimum Gasteiger partial charge on any atom is -0.489 e. The molecule has 1 aromatic carbocycles. The third kappa shape index (κ3) is 2.97. The number of amides is 1. The second-order valence-corrected chi connectivity index (χ2v) is 5.35. The summed E-state index contributed by atoms with van der Waals surface area (Å²) in [6.45, 7) is 5.73. The third-order valence-corrected chi connectivity index (χ3v) is 2.63. The van der Waals surface area contributed by atoms with Crippen LogP contribution < -0.4 is 10.1 Å². The Kier molecular flexibility index (Phi) is 3.34. The number of carbonyl (C=O) groups is 1. The van der Waals surface area contributed by atoms with Crippen LogP contribution in [-0.4, -0.2) is 18.3 Å². The SMILES string of the molecule is CC(C)(C)OC(=O)NC1COc2c(C#N)cccc21. The minimum atomic E-state index is -0.541. The Labute approximate surface area is 112 Å². The van der Waals surface area contributed by atoms with Crippen LogP contribution in [0.2, 0.25) is 0 Å². The van der Waals surface area contributed by atoms with Gasteiger partial charge in [0.1, 0.15) is 24.0 Å². The molecular weight excluding hydrogens is 244 g/mol. The molecule has 1 atom stereocenters. The largest absolute Gasteiger partial charge is 0.489 e. The number of nitrogens with one attached hydrogen (secondary N) is 1. The van der Waals surface area contributed by atoms with Gasteiger partial charge in [-0.05, 0) is 26.8 Å². The van der Waals surface area contributed by atoms with Gasteiger partial charge in [-0.2, -0.15) is 5.26 Å². The molecule has 5 heteroatoms. The number of benzene rings is 1. The van der Waals surface area contributed by atoms with Crippen LogP contribution in [0, 0.1) is 11.3 Å². The van der Waals surface area contributed by atoms with Gasteiger partial charge >= 0.3 is 6.09 Å². The second kappa shape index (κ2) is 4.81. The molecule has 0 saturated carbocycles. The first kappa shape index (κ1) is 13.2. The highest BCUT2D eigenvalue weighted by molar-refractivity contribution is 5.69. The number of ether oxygens (including phenoxy) is 2. The van der Waals surface area contributed by atoms with E-state index in [-0.39, 0.29) is 6.04 Å². The molecule has 0 bridgehead atoms. The maximum absolute atomic E-state index is 11.7. The molecule has 0 spiro atoms. The van der Waals surface area contributed by atoms with Crippen LogP contribution in [0.25, 0.3) is 0 Å². The number of hydrogen-bond donors (Lipinski definition) is 1. The fraction of sp³-hybridized carbons (Fsp3) is 0.429. The molecule has 0 radical (unpaired) electrons. The Bertz CT molecular complexity index is 541. The average molecular weight is 260 g/mol. The van der Waals surface area contributed by atoms with Crippen LogP contribution in [0.15, 0.2) is 18.2 Å². The van der Waals surface area contributed by atoms with Crippen molar-refractivity contribution in [3.63, 3.8) is 0 Å². The summed E-state index contributed by atoms with van der Waals surface area (Å²) < 4.78 is 10.7. The van der Waals surface area contributed by atoms with Crippen LogP contribution >= 0.6 is 0 Å². The minimum absolute atomic E-state index is 0.279. The molecular formula is C14H16N2O3. The Morgan fingerprint density at radius 3 is 2.89 bits per heavy atom. The summed E-state index contributed by atoms with van der Waals surface area (Å²) in [5, 5.41) is 11.7. The highest BCUT2D eigenvalue weighted by Crippen LogP contribution is 2.35. The first-order valence-electron chi connectivity index (χ1n) is 6.06. The summed E-state index contributed by atoms with van der Waals surface area (Å²) in [6.07, 6.45) is -0.490. The molecule has 1 N–H and O–H groups in total. The fourth-order valence-corrected chi connectivity index (χ4v) is 1.90. The van der Waals surface area contributed by atoms with E-state index in [2.05, 4.69) is 11.4 Å². The molecule has 2 rings (SSSR count). The van der Waals surface area contributed by atoms with E-state index in [1.165, 1.54) is 0 Å². The number of carbonyl (C=O) groups excluding carboxylic acids is 1. The summed E-state index contributed by atoms with van der Waals surface area (Å²) >= 11 is 0. The van der Waals surface area contributed by atoms with Crippen molar-refractivity contribution < 1.29 is 14.3 Å². The summed E-state index contributed by atoms with van der Waals surface area (Å²) in [4.78, 5) is 11.7. The molecule has 0 fully saturated rings. The van der Waals surface area contributed by atoms with Crippen molar-refractivity contribution in [1.82, 2.24) is 5.32 Å². The average Bonchev–Trinajstić information content (AvgIpc) is 2.70. The summed E-state index contributed by atoms with van der Waals surface area (Å²) in [5.41, 5.74) is 0.747. The molecule has 1 aromatic rings. The van der Waals surface area contributed by atoms with Gasteiger partial charge in [-0.25, -0.2) is 4.79 Å². The van der Waals surface area contributed by atoms with Crippen molar-refractivity contribution >= 4 is 6.09 Å². The summed E-state index contributed by atoms with van der Waals surface area (Å²) in [6, 6.07) is 7.09. The van der Waals surface area contributed by atoms with Crippen molar-refractivity contribution in [2.75, 3.05) is 6.61 Å². The number of nitrogens with zero attached hydrogens (tertiary/aromatic N) is 1. The van der Waals surface area contributed by atoms with Crippen molar-refractivity contribution in [2.45, 2.75) is 32.4 Å². The topological polar surface area (TPSA) is 71.3 Å². The molecule has 0 aromatic heterocycles. The molecule has 0 aliphatic carbocycles. The molecule has 1 aliphatic heterocycles. The number of nitriles is 1. The fourth-order valence-electron chi connectivity index (χ4n) is 1.90. The number of rotatable bonds is 1. The lowest BCUT2D eigenvalue weighted by Gasteiger charge is -2.21. The van der Waals surface area contributed by atoms with Crippen molar-refractivity contribution in [3.8, 4) is 11.8 Å². The quantitative estimate of drug-likeness (QED) is 0.842. The summed E-state index contributed by atoms with van der Waals surface area (Å²) in [7, 11) is 0. The smallest absolute Gasteiger partial charge is 0.408 e. The Hall–Kier alpha value is -2.22. The third-order valence-electron chi connectivity index (χ3n) is 2.63. The first-order chi connectivity index (χ1) is 8.90. The monoisotopic (exact) mass is 260 g/mol. The molecule has 1 unspecified atom stereocenters. The van der Waals surface area contributed by atoms with Crippen molar-refractivity contribution in [2.24, 2.45) is 0 Å². The molecule has 1 heterocycles. The lowest BCUT2D eigenvalue weighted by molar-refractivity contribution is 0.0497. The van der Waals surface area contributed by atoms with E-state index in [0.29, 0.717) is 17.9 Å². The normalized spacial score (nSPS) is 17.1. The van der Waals surface area contributed by atoms with E-state index in [9.17, 15) is 4.79 Å². The van der Waals surface area contributed by atoms with E-state index in [1.54, 1.807) is 32.9 Å². The van der Waals surface area contributed by atoms with Crippen LogP contribution in [-0.2, 0) is 4.74 Å². The van der Waals surface area contributed by atoms with E-state index in [0.717, 1.165) is 5.56 Å². The van der Waals surface area contributed by atoms with E-state index in [4.69, 9.17) is 14.7 Å². The Morgan fingerprint density at radius 1 is 1.53 bits per heavy atom. The molecule has 19 heavy (non-hydrogen) atoms. The lowest BCUT2D eigenvalue weighted by atomic mass is 10.1. The van der Waals surface area contributed by atoms with Crippen LogP contribution in [0.4, 0.5) is 4.79 Å². The summed E-state index contributed by atoms with van der Waals surface area (Å²) in [5.74, 6) is 0.547. The molecule has 1 aliphatic rings. The lowest BCUT2D eigenvalue weighted by Crippen LogP contribution is -2.35. The number of para-hydroxylation sites is 1. The Morgan fingerprint density at radius 2 is 2.26 bits per heavy atom. The second-order valence-electron chi connectivity index (χ2n) is 5.35. The van der Waals surface area contributed by atoms with Gasteiger partial charge in [0.2, 0.25) is 0 Å². The van der Waals surface area contributed by atoms with Gasteiger partial charge < -0.3 is 14.8 Å². The highest BCUT2D eigenvalue weighted by Gasteiger charge is 2.29. The van der Waals surface area contributed by atoms with Crippen LogP contribution in [0.1, 0.15) is 37.9 Å². The number of fused-ring (bicyclic) bond motifs is 1. The van der Waals surface area contributed by atoms with Crippen LogP contribution in [0.3, 0.4) is 0 Å². The zero-order valence-electron chi connectivity index (χ0n) is 11.2.